The van der Waals surface area contributed by atoms with Crippen LogP contribution in [-0.2, 0) is 9.63 Å². The average molecular weight is 406 g/mol. The molecule has 0 saturated carbocycles. The zero-order valence-electron chi connectivity index (χ0n) is 15.7. The van der Waals surface area contributed by atoms with Crippen LogP contribution >= 0.6 is 11.6 Å². The molecular formula is C23H20ClN3O2. The Morgan fingerprint density at radius 2 is 1.93 bits per heavy atom. The summed E-state index contributed by atoms with van der Waals surface area (Å²) in [5.41, 5.74) is 6.94. The van der Waals surface area contributed by atoms with E-state index in [1.165, 1.54) is 17.4 Å². The summed E-state index contributed by atoms with van der Waals surface area (Å²) in [6.45, 7) is -0.217. The summed E-state index contributed by atoms with van der Waals surface area (Å²) in [6.07, 6.45) is 8.80. The molecule has 4 rings (SSSR count). The molecule has 146 valence electrons. The molecule has 6 heteroatoms. The third-order valence-corrected chi connectivity index (χ3v) is 5.20. The molecule has 1 N–H and O–H groups in total. The number of nitrogens with zero attached hydrogens (tertiary/aromatic N) is 2. The molecule has 0 aromatic heterocycles. The van der Waals surface area contributed by atoms with Gasteiger partial charge in [0.15, 0.2) is 6.61 Å². The minimum absolute atomic E-state index is 0.217. The van der Waals surface area contributed by atoms with Gasteiger partial charge < -0.3 is 4.84 Å². The van der Waals surface area contributed by atoms with Crippen molar-refractivity contribution >= 4 is 35.5 Å². The van der Waals surface area contributed by atoms with Gasteiger partial charge in [0.05, 0.1) is 12.4 Å². The third kappa shape index (κ3) is 4.63. The molecule has 0 fully saturated rings. The van der Waals surface area contributed by atoms with Gasteiger partial charge in [0.2, 0.25) is 0 Å². The molecule has 0 saturated heterocycles. The van der Waals surface area contributed by atoms with Crippen molar-refractivity contribution in [3.05, 3.63) is 88.5 Å². The minimum Gasteiger partial charge on any atom is -0.386 e. The molecule has 2 aliphatic rings. The van der Waals surface area contributed by atoms with E-state index in [2.05, 4.69) is 40.0 Å². The maximum Gasteiger partial charge on any atom is 0.280 e. The number of benzene rings is 2. The summed E-state index contributed by atoms with van der Waals surface area (Å²) in [7, 11) is 0. The van der Waals surface area contributed by atoms with Crippen molar-refractivity contribution in [2.45, 2.75) is 6.42 Å². The van der Waals surface area contributed by atoms with Crippen molar-refractivity contribution in [3.8, 4) is 0 Å². The number of hydrazone groups is 1. The van der Waals surface area contributed by atoms with Crippen molar-refractivity contribution < 1.29 is 9.63 Å². The van der Waals surface area contributed by atoms with Crippen LogP contribution in [0.25, 0.3) is 5.57 Å². The molecule has 0 spiro atoms. The number of amides is 1. The van der Waals surface area contributed by atoms with Gasteiger partial charge in [-0.15, -0.1) is 0 Å². The molecule has 1 amide bonds. The van der Waals surface area contributed by atoms with Gasteiger partial charge in [-0.3, -0.25) is 4.79 Å². The standard InChI is InChI=1S/C23H20ClN3O2/c24-20-8-4-5-16(11-20)13-26-29-15-22(28)27-25-14-21-18-9-10-19(12-18)23(21)17-6-2-1-3-7-17/h1-11,13-14,18-19H,12,15H2,(H,27,28). The maximum atomic E-state index is 11.9. The lowest BCUT2D eigenvalue weighted by Gasteiger charge is -2.13. The van der Waals surface area contributed by atoms with Crippen molar-refractivity contribution in [3.63, 3.8) is 0 Å². The highest BCUT2D eigenvalue weighted by Crippen LogP contribution is 2.47. The first kappa shape index (κ1) is 19.2. The summed E-state index contributed by atoms with van der Waals surface area (Å²) in [6, 6.07) is 17.5. The Morgan fingerprint density at radius 1 is 1.10 bits per heavy atom. The zero-order valence-corrected chi connectivity index (χ0v) is 16.4. The van der Waals surface area contributed by atoms with Crippen molar-refractivity contribution in [1.82, 2.24) is 5.43 Å². The zero-order chi connectivity index (χ0) is 20.1. The smallest absolute Gasteiger partial charge is 0.280 e. The van der Waals surface area contributed by atoms with Gasteiger partial charge in [0, 0.05) is 16.9 Å². The highest BCUT2D eigenvalue weighted by Gasteiger charge is 2.34. The second-order valence-electron chi connectivity index (χ2n) is 6.92. The van der Waals surface area contributed by atoms with Crippen LogP contribution in [0.1, 0.15) is 17.5 Å². The number of allylic oxidation sites excluding steroid dienone is 4. The van der Waals surface area contributed by atoms with E-state index >= 15 is 0 Å². The summed E-state index contributed by atoms with van der Waals surface area (Å²) < 4.78 is 0. The highest BCUT2D eigenvalue weighted by atomic mass is 35.5. The Hall–Kier alpha value is -3.18. The van der Waals surface area contributed by atoms with Gasteiger partial charge in [0.25, 0.3) is 5.91 Å². The van der Waals surface area contributed by atoms with Crippen LogP contribution in [-0.4, -0.2) is 24.9 Å². The average Bonchev–Trinajstić information content (AvgIpc) is 3.34. The Balaban J connectivity index is 1.32. The molecule has 5 nitrogen and oxygen atoms in total. The number of carbonyl (C=O) groups excluding carboxylic acids is 1. The van der Waals surface area contributed by atoms with E-state index in [4.69, 9.17) is 16.4 Å². The fraction of sp³-hybridized carbons (Fsp3) is 0.174. The number of fused-ring (bicyclic) bond motifs is 2. The lowest BCUT2D eigenvalue weighted by atomic mass is 9.92. The molecule has 2 bridgehead atoms. The predicted octanol–water partition coefficient (Wildman–Crippen LogP) is 4.45. The Bertz CT molecular complexity index is 1010. The summed E-state index contributed by atoms with van der Waals surface area (Å²) in [4.78, 5) is 16.9. The molecule has 0 aliphatic heterocycles. The number of hydrogen-bond acceptors (Lipinski definition) is 4. The van der Waals surface area contributed by atoms with Gasteiger partial charge in [-0.1, -0.05) is 71.4 Å². The molecule has 29 heavy (non-hydrogen) atoms. The van der Waals surface area contributed by atoms with Crippen molar-refractivity contribution in [1.29, 1.82) is 0 Å². The van der Waals surface area contributed by atoms with E-state index in [0.717, 1.165) is 17.6 Å². The molecular weight excluding hydrogens is 386 g/mol. The first-order valence-corrected chi connectivity index (χ1v) is 9.79. The van der Waals surface area contributed by atoms with Crippen LogP contribution in [0.4, 0.5) is 0 Å². The monoisotopic (exact) mass is 405 g/mol. The number of halogens is 1. The fourth-order valence-electron chi connectivity index (χ4n) is 3.71. The normalized spacial score (nSPS) is 20.2. The number of carbonyl (C=O) groups is 1. The van der Waals surface area contributed by atoms with Crippen molar-refractivity contribution in [2.75, 3.05) is 6.61 Å². The molecule has 2 unspecified atom stereocenters. The molecule has 2 aromatic carbocycles. The van der Waals surface area contributed by atoms with E-state index in [0.29, 0.717) is 16.9 Å². The van der Waals surface area contributed by atoms with Gasteiger partial charge in [0.1, 0.15) is 0 Å². The summed E-state index contributed by atoms with van der Waals surface area (Å²) >= 11 is 5.90. The van der Waals surface area contributed by atoms with Gasteiger partial charge in [-0.05, 0) is 40.8 Å². The molecule has 2 aromatic rings. The van der Waals surface area contributed by atoms with Crippen LogP contribution in [0.5, 0.6) is 0 Å². The quantitative estimate of drug-likeness (QED) is 0.420. The highest BCUT2D eigenvalue weighted by molar-refractivity contribution is 6.30. The number of rotatable bonds is 7. The first-order chi connectivity index (χ1) is 14.2. The Kier molecular flexibility index (Phi) is 5.86. The van der Waals surface area contributed by atoms with E-state index in [9.17, 15) is 4.79 Å². The SMILES string of the molecule is O=C(CON=Cc1cccc(Cl)c1)NN=CC1=C(c2ccccc2)C2C=CC1C2. The predicted molar refractivity (Wildman–Crippen MR) is 116 cm³/mol. The summed E-state index contributed by atoms with van der Waals surface area (Å²) in [5, 5.41) is 8.52. The van der Waals surface area contributed by atoms with Gasteiger partial charge >= 0.3 is 0 Å². The molecule has 0 heterocycles. The molecule has 0 radical (unpaired) electrons. The van der Waals surface area contributed by atoms with E-state index in [-0.39, 0.29) is 12.5 Å². The molecule has 2 atom stereocenters. The van der Waals surface area contributed by atoms with Gasteiger partial charge in [-0.25, -0.2) is 5.43 Å². The second kappa shape index (κ2) is 8.88. The topological polar surface area (TPSA) is 63.0 Å². The lowest BCUT2D eigenvalue weighted by Crippen LogP contribution is -2.22. The van der Waals surface area contributed by atoms with Crippen LogP contribution in [0.15, 0.2) is 82.6 Å². The van der Waals surface area contributed by atoms with E-state index < -0.39 is 0 Å². The van der Waals surface area contributed by atoms with E-state index in [1.807, 2.05) is 30.3 Å². The fourth-order valence-corrected chi connectivity index (χ4v) is 3.91. The number of nitrogens with one attached hydrogen (secondary N) is 1. The van der Waals surface area contributed by atoms with Crippen LogP contribution in [0, 0.1) is 11.8 Å². The van der Waals surface area contributed by atoms with Crippen molar-refractivity contribution in [2.24, 2.45) is 22.1 Å². The molecule has 2 aliphatic carbocycles. The van der Waals surface area contributed by atoms with Crippen LogP contribution in [0.3, 0.4) is 0 Å². The number of oxime groups is 1. The Labute approximate surface area is 174 Å². The Morgan fingerprint density at radius 3 is 2.76 bits per heavy atom. The maximum absolute atomic E-state index is 11.9. The largest absolute Gasteiger partial charge is 0.386 e. The van der Waals surface area contributed by atoms with Crippen LogP contribution < -0.4 is 5.43 Å². The van der Waals surface area contributed by atoms with Gasteiger partial charge in [-0.2, -0.15) is 5.10 Å². The summed E-state index contributed by atoms with van der Waals surface area (Å²) in [5.74, 6) is 0.406. The first-order valence-electron chi connectivity index (χ1n) is 9.41. The lowest BCUT2D eigenvalue weighted by molar-refractivity contribution is -0.125. The second-order valence-corrected chi connectivity index (χ2v) is 7.36. The number of hydrogen-bond donors (Lipinski definition) is 1. The third-order valence-electron chi connectivity index (χ3n) is 4.96. The van der Waals surface area contributed by atoms with Crippen LogP contribution in [0.2, 0.25) is 5.02 Å². The minimum atomic E-state index is -0.370. The van der Waals surface area contributed by atoms with E-state index in [1.54, 1.807) is 18.3 Å².